The summed E-state index contributed by atoms with van der Waals surface area (Å²) in [5, 5.41) is 9.15. The van der Waals surface area contributed by atoms with Crippen LogP contribution in [0.1, 0.15) is 36.9 Å². The lowest BCUT2D eigenvalue weighted by atomic mass is 9.92. The van der Waals surface area contributed by atoms with Crippen LogP contribution in [0, 0.1) is 0 Å². The number of carbonyl (C=O) groups is 1. The van der Waals surface area contributed by atoms with E-state index in [2.05, 4.69) is 0 Å². The Morgan fingerprint density at radius 2 is 2.12 bits per heavy atom. The maximum atomic E-state index is 11.2. The highest BCUT2D eigenvalue weighted by atomic mass is 16.5. The van der Waals surface area contributed by atoms with E-state index in [-0.39, 0.29) is 19.4 Å². The number of benzene rings is 2. The number of carboxylic acids is 1. The topological polar surface area (TPSA) is 49.8 Å². The number of ether oxygens (including phenoxy) is 1. The third-order valence-corrected chi connectivity index (χ3v) is 4.08. The zero-order chi connectivity index (χ0) is 22.8. The second kappa shape index (κ2) is 7.53. The van der Waals surface area contributed by atoms with Gasteiger partial charge in [0.25, 0.3) is 0 Å². The van der Waals surface area contributed by atoms with Gasteiger partial charge in [-0.25, -0.2) is 0 Å². The molecule has 0 saturated carbocycles. The van der Waals surface area contributed by atoms with Gasteiger partial charge in [-0.2, -0.15) is 0 Å². The molecular weight excluding hydrogens is 314 g/mol. The van der Waals surface area contributed by atoms with Crippen LogP contribution in [0.3, 0.4) is 0 Å². The van der Waals surface area contributed by atoms with E-state index in [9.17, 15) is 4.79 Å². The van der Waals surface area contributed by atoms with Gasteiger partial charge < -0.3 is 14.7 Å². The van der Waals surface area contributed by atoms with E-state index >= 15 is 0 Å². The third-order valence-electron chi connectivity index (χ3n) is 4.08. The molecule has 3 rings (SSSR count). The molecule has 0 aromatic heterocycles. The Bertz CT molecular complexity index is 983. The molecule has 0 atom stereocenters. The van der Waals surface area contributed by atoms with E-state index in [1.807, 2.05) is 24.3 Å². The highest BCUT2D eigenvalue weighted by Crippen LogP contribution is 2.37. The van der Waals surface area contributed by atoms with Gasteiger partial charge in [0.05, 0.1) is 6.42 Å². The zero-order valence-corrected chi connectivity index (χ0v) is 13.7. The molecule has 130 valence electrons. The van der Waals surface area contributed by atoms with Crippen LogP contribution in [0.25, 0.3) is 5.57 Å². The summed E-state index contributed by atoms with van der Waals surface area (Å²) in [6, 6.07) is 12.8. The summed E-state index contributed by atoms with van der Waals surface area (Å²) in [5.74, 6) is -0.369. The average molecular weight is 343 g/mol. The van der Waals surface area contributed by atoms with Gasteiger partial charge in [-0.3, -0.25) is 4.79 Å². The predicted molar refractivity (Wildman–Crippen MR) is 98.8 cm³/mol. The molecule has 1 aliphatic rings. The maximum absolute atomic E-state index is 11.2. The molecular formula is C21H23NO3. The Balaban J connectivity index is 2.02. The number of nitrogens with zero attached hydrogens (tertiary/aromatic N) is 1. The lowest BCUT2D eigenvalue weighted by Gasteiger charge is -2.13. The van der Waals surface area contributed by atoms with Crippen LogP contribution in [0.5, 0.6) is 5.75 Å². The minimum Gasteiger partial charge on any atom is -0.488 e. The summed E-state index contributed by atoms with van der Waals surface area (Å²) in [6.45, 7) is -5.36. The van der Waals surface area contributed by atoms with E-state index in [0.29, 0.717) is 28.4 Å². The van der Waals surface area contributed by atoms with Gasteiger partial charge >= 0.3 is 5.97 Å². The highest BCUT2D eigenvalue weighted by Gasteiger charge is 2.19. The van der Waals surface area contributed by atoms with E-state index in [4.69, 9.17) is 18.1 Å². The quantitative estimate of drug-likeness (QED) is 0.901. The lowest BCUT2D eigenvalue weighted by molar-refractivity contribution is -0.136. The molecule has 0 aliphatic carbocycles. The molecule has 0 unspecified atom stereocenters. The van der Waals surface area contributed by atoms with E-state index in [1.54, 1.807) is 24.3 Å². The van der Waals surface area contributed by atoms with Gasteiger partial charge in [-0.1, -0.05) is 36.4 Å². The minimum atomic E-state index is -2.75. The molecule has 4 heteroatoms. The zero-order valence-electron chi connectivity index (χ0n) is 19.7. The molecule has 1 N–H and O–H groups in total. The largest absolute Gasteiger partial charge is 0.488 e. The molecule has 2 aromatic carbocycles. The fourth-order valence-corrected chi connectivity index (χ4v) is 2.97. The van der Waals surface area contributed by atoms with Crippen LogP contribution in [-0.2, 0) is 17.8 Å². The van der Waals surface area contributed by atoms with Crippen molar-refractivity contribution in [3.8, 4) is 5.75 Å². The number of fused-ring (bicyclic) bond motifs is 2. The van der Waals surface area contributed by atoms with Crippen LogP contribution < -0.4 is 4.74 Å². The van der Waals surface area contributed by atoms with Crippen molar-refractivity contribution < 1.29 is 22.9 Å². The first-order valence-corrected chi connectivity index (χ1v) is 8.01. The van der Waals surface area contributed by atoms with Crippen molar-refractivity contribution in [2.75, 3.05) is 20.5 Å². The van der Waals surface area contributed by atoms with Crippen molar-refractivity contribution in [3.63, 3.8) is 0 Å². The highest BCUT2D eigenvalue weighted by molar-refractivity contribution is 5.85. The second-order valence-corrected chi connectivity index (χ2v) is 5.90. The normalized spacial score (nSPS) is 19.2. The van der Waals surface area contributed by atoms with Crippen molar-refractivity contribution in [3.05, 3.63) is 70.8 Å². The molecule has 0 spiro atoms. The van der Waals surface area contributed by atoms with Crippen molar-refractivity contribution in [2.45, 2.75) is 19.4 Å². The fraction of sp³-hybridized carbons (Fsp3) is 0.286. The van der Waals surface area contributed by atoms with Crippen LogP contribution in [-0.4, -0.2) is 36.5 Å². The number of hydrogen-bond acceptors (Lipinski definition) is 3. The molecule has 1 aliphatic heterocycles. The number of carboxylic acid groups (broad SMARTS) is 1. The summed E-state index contributed by atoms with van der Waals surface area (Å²) in [5.41, 5.74) is 3.85. The Morgan fingerprint density at radius 1 is 1.28 bits per heavy atom. The molecule has 0 fully saturated rings. The fourth-order valence-electron chi connectivity index (χ4n) is 2.97. The van der Waals surface area contributed by atoms with Gasteiger partial charge in [-0.15, -0.1) is 0 Å². The third kappa shape index (κ3) is 4.09. The van der Waals surface area contributed by atoms with Crippen LogP contribution in [0.4, 0.5) is 0 Å². The molecule has 2 aromatic rings. The Kier molecular flexibility index (Phi) is 3.35. The monoisotopic (exact) mass is 343 g/mol. The number of hydrogen-bond donors (Lipinski definition) is 1. The summed E-state index contributed by atoms with van der Waals surface area (Å²) in [7, 11) is 0. The first kappa shape index (κ1) is 11.1. The molecule has 0 amide bonds. The minimum absolute atomic E-state index is 0.145. The molecule has 4 nitrogen and oxygen atoms in total. The first-order valence-electron chi connectivity index (χ1n) is 11.0. The summed E-state index contributed by atoms with van der Waals surface area (Å²) in [6.07, 6.45) is 1.82. The van der Waals surface area contributed by atoms with Gasteiger partial charge in [0.15, 0.2) is 0 Å². The first-order chi connectivity index (χ1) is 14.5. The summed E-state index contributed by atoms with van der Waals surface area (Å²) < 4.78 is 51.1. The van der Waals surface area contributed by atoms with E-state index in [0.717, 1.165) is 16.7 Å². The molecule has 25 heavy (non-hydrogen) atoms. The van der Waals surface area contributed by atoms with Crippen LogP contribution in [0.2, 0.25) is 0 Å². The summed E-state index contributed by atoms with van der Waals surface area (Å²) in [4.78, 5) is 11.7. The van der Waals surface area contributed by atoms with Gasteiger partial charge in [0.1, 0.15) is 12.4 Å². The maximum Gasteiger partial charge on any atom is 0.307 e. The molecule has 0 bridgehead atoms. The smallest absolute Gasteiger partial charge is 0.307 e. The van der Waals surface area contributed by atoms with Crippen molar-refractivity contribution >= 4 is 11.5 Å². The predicted octanol–water partition coefficient (Wildman–Crippen LogP) is 3.59. The van der Waals surface area contributed by atoms with Crippen molar-refractivity contribution in [1.29, 1.82) is 0 Å². The standard InChI is InChI=1S/C21H23NO3/c1-22(2)11-5-8-18-17-7-4-3-6-16(17)14-25-20-10-9-15(12-19(18)20)13-21(23)24/h3-4,6-10,12H,5,11,13-14H2,1-2H3,(H,23,24)/b18-8+/i1D3,2D3. The molecule has 1 heterocycles. The number of aliphatic carboxylic acids is 1. The van der Waals surface area contributed by atoms with Crippen LogP contribution >= 0.6 is 0 Å². The number of rotatable bonds is 5. The Morgan fingerprint density at radius 3 is 2.92 bits per heavy atom. The van der Waals surface area contributed by atoms with Gasteiger partial charge in [-0.05, 0) is 54.8 Å². The SMILES string of the molecule is [2H]C([2H])([2H])N(CC/C=C1\c2ccccc2COc2ccc(CC(=O)O)cc21)C([2H])([2H])[2H]. The van der Waals surface area contributed by atoms with Gasteiger partial charge in [0.2, 0.25) is 0 Å². The van der Waals surface area contributed by atoms with Crippen molar-refractivity contribution in [2.24, 2.45) is 0 Å². The van der Waals surface area contributed by atoms with Crippen molar-refractivity contribution in [1.82, 2.24) is 4.90 Å². The second-order valence-electron chi connectivity index (χ2n) is 5.90. The molecule has 0 saturated heterocycles. The van der Waals surface area contributed by atoms with Gasteiger partial charge in [0, 0.05) is 20.3 Å². The van der Waals surface area contributed by atoms with E-state index in [1.165, 1.54) is 0 Å². The van der Waals surface area contributed by atoms with E-state index < -0.39 is 19.9 Å². The molecule has 0 radical (unpaired) electrons. The lowest BCUT2D eigenvalue weighted by Crippen LogP contribution is -2.12. The van der Waals surface area contributed by atoms with Crippen LogP contribution in [0.15, 0.2) is 48.5 Å². The summed E-state index contributed by atoms with van der Waals surface area (Å²) >= 11 is 0. The average Bonchev–Trinajstić information content (AvgIpc) is 2.79. The Labute approximate surface area is 156 Å². The Hall–Kier alpha value is -2.59.